The molecule has 1 heterocycles. The van der Waals surface area contributed by atoms with E-state index in [4.69, 9.17) is 9.47 Å². The number of ether oxygens (including phenoxy) is 2. The third-order valence-corrected chi connectivity index (χ3v) is 4.14. The summed E-state index contributed by atoms with van der Waals surface area (Å²) in [5.41, 5.74) is 0.685. The van der Waals surface area contributed by atoms with Gasteiger partial charge in [-0.15, -0.1) is 0 Å². The Bertz CT molecular complexity index is 493. The van der Waals surface area contributed by atoms with E-state index in [9.17, 15) is 4.79 Å². The van der Waals surface area contributed by atoms with Crippen molar-refractivity contribution in [2.45, 2.75) is 32.4 Å². The number of rotatable bonds is 6. The van der Waals surface area contributed by atoms with E-state index in [-0.39, 0.29) is 11.9 Å². The molecule has 5 heteroatoms. The first-order chi connectivity index (χ1) is 10.6. The Morgan fingerprint density at radius 1 is 1.36 bits per heavy atom. The summed E-state index contributed by atoms with van der Waals surface area (Å²) in [6, 6.07) is 7.93. The van der Waals surface area contributed by atoms with Gasteiger partial charge in [0.25, 0.3) is 5.91 Å². The molecule has 1 amide bonds. The van der Waals surface area contributed by atoms with Crippen LogP contribution in [-0.4, -0.2) is 56.3 Å². The number of methoxy groups -OCH3 is 1. The second-order valence-electron chi connectivity index (χ2n) is 5.70. The lowest BCUT2D eigenvalue weighted by Crippen LogP contribution is -2.57. The maximum Gasteiger partial charge on any atom is 0.254 e. The van der Waals surface area contributed by atoms with Gasteiger partial charge in [-0.25, -0.2) is 0 Å². The van der Waals surface area contributed by atoms with Crippen molar-refractivity contribution in [1.29, 1.82) is 0 Å². The quantitative estimate of drug-likeness (QED) is 0.816. The van der Waals surface area contributed by atoms with Crippen LogP contribution in [-0.2, 0) is 4.74 Å². The number of hydrogen-bond acceptors (Lipinski definition) is 4. The maximum absolute atomic E-state index is 12.7. The third kappa shape index (κ3) is 4.21. The zero-order valence-electron chi connectivity index (χ0n) is 13.7. The predicted octanol–water partition coefficient (Wildman–Crippen LogP) is 1.92. The van der Waals surface area contributed by atoms with Crippen LogP contribution in [0.2, 0.25) is 0 Å². The fourth-order valence-electron chi connectivity index (χ4n) is 2.62. The van der Waals surface area contributed by atoms with Crippen molar-refractivity contribution in [2.24, 2.45) is 0 Å². The van der Waals surface area contributed by atoms with Gasteiger partial charge < -0.3 is 19.7 Å². The molecule has 0 spiro atoms. The van der Waals surface area contributed by atoms with Crippen LogP contribution < -0.4 is 10.1 Å². The Labute approximate surface area is 132 Å². The molecular weight excluding hydrogens is 280 g/mol. The van der Waals surface area contributed by atoms with E-state index >= 15 is 0 Å². The SMILES string of the molecule is COCCCOc1cccc(C(=O)N2CCNC(C)C2C)c1. The number of carbonyl (C=O) groups is 1. The molecule has 1 aliphatic rings. The first-order valence-corrected chi connectivity index (χ1v) is 7.89. The summed E-state index contributed by atoms with van der Waals surface area (Å²) in [6.45, 7) is 7.04. The zero-order chi connectivity index (χ0) is 15.9. The number of hydrogen-bond donors (Lipinski definition) is 1. The fraction of sp³-hybridized carbons (Fsp3) is 0.588. The molecule has 2 unspecified atom stereocenters. The van der Waals surface area contributed by atoms with Crippen LogP contribution in [0.5, 0.6) is 5.75 Å². The zero-order valence-corrected chi connectivity index (χ0v) is 13.7. The minimum absolute atomic E-state index is 0.0724. The molecule has 122 valence electrons. The molecule has 0 aliphatic carbocycles. The summed E-state index contributed by atoms with van der Waals surface area (Å²) in [5, 5.41) is 3.39. The van der Waals surface area contributed by atoms with Gasteiger partial charge in [0.15, 0.2) is 0 Å². The molecule has 1 fully saturated rings. The standard InChI is InChI=1S/C17H26N2O3/c1-13-14(2)19(9-8-18-13)17(20)15-6-4-7-16(12-15)22-11-5-10-21-3/h4,6-7,12-14,18H,5,8-11H2,1-3H3. The molecule has 1 aromatic carbocycles. The van der Waals surface area contributed by atoms with Crippen molar-refractivity contribution in [2.75, 3.05) is 33.4 Å². The molecule has 1 aliphatic heterocycles. The van der Waals surface area contributed by atoms with E-state index in [0.717, 1.165) is 25.3 Å². The Morgan fingerprint density at radius 2 is 2.18 bits per heavy atom. The van der Waals surface area contributed by atoms with Gasteiger partial charge in [0.1, 0.15) is 5.75 Å². The lowest BCUT2D eigenvalue weighted by atomic mass is 10.1. The molecule has 0 bridgehead atoms. The van der Waals surface area contributed by atoms with Crippen LogP contribution in [0.1, 0.15) is 30.6 Å². The van der Waals surface area contributed by atoms with Crippen LogP contribution in [0, 0.1) is 0 Å². The number of nitrogens with one attached hydrogen (secondary N) is 1. The number of nitrogens with zero attached hydrogens (tertiary/aromatic N) is 1. The molecule has 0 saturated carbocycles. The van der Waals surface area contributed by atoms with Gasteiger partial charge in [0, 0.05) is 50.9 Å². The molecule has 1 aromatic rings. The second-order valence-corrected chi connectivity index (χ2v) is 5.70. The highest BCUT2D eigenvalue weighted by atomic mass is 16.5. The van der Waals surface area contributed by atoms with Crippen LogP contribution in [0.4, 0.5) is 0 Å². The largest absolute Gasteiger partial charge is 0.493 e. The molecule has 2 atom stereocenters. The fourth-order valence-corrected chi connectivity index (χ4v) is 2.62. The van der Waals surface area contributed by atoms with Gasteiger partial charge in [0.2, 0.25) is 0 Å². The molecule has 22 heavy (non-hydrogen) atoms. The summed E-state index contributed by atoms with van der Waals surface area (Å²) in [7, 11) is 1.68. The summed E-state index contributed by atoms with van der Waals surface area (Å²) in [5.74, 6) is 0.806. The third-order valence-electron chi connectivity index (χ3n) is 4.14. The van der Waals surface area contributed by atoms with Gasteiger partial charge in [-0.05, 0) is 32.0 Å². The van der Waals surface area contributed by atoms with Crippen LogP contribution in [0.3, 0.4) is 0 Å². The van der Waals surface area contributed by atoms with Crippen LogP contribution >= 0.6 is 0 Å². The van der Waals surface area contributed by atoms with Gasteiger partial charge in [-0.1, -0.05) is 6.07 Å². The van der Waals surface area contributed by atoms with Crippen molar-refractivity contribution in [3.8, 4) is 5.75 Å². The monoisotopic (exact) mass is 306 g/mol. The first kappa shape index (κ1) is 16.8. The summed E-state index contributed by atoms with van der Waals surface area (Å²) < 4.78 is 10.7. The summed E-state index contributed by atoms with van der Waals surface area (Å²) in [6.07, 6.45) is 0.834. The Morgan fingerprint density at radius 3 is 2.95 bits per heavy atom. The van der Waals surface area contributed by atoms with E-state index in [2.05, 4.69) is 19.2 Å². The number of piperazine rings is 1. The summed E-state index contributed by atoms with van der Waals surface area (Å²) >= 11 is 0. The van der Waals surface area contributed by atoms with E-state index < -0.39 is 0 Å². The van der Waals surface area contributed by atoms with Gasteiger partial charge >= 0.3 is 0 Å². The molecule has 1 saturated heterocycles. The lowest BCUT2D eigenvalue weighted by molar-refractivity contribution is 0.0602. The number of carbonyl (C=O) groups excluding carboxylic acids is 1. The Hall–Kier alpha value is -1.59. The highest BCUT2D eigenvalue weighted by Crippen LogP contribution is 2.18. The van der Waals surface area contributed by atoms with Crippen molar-refractivity contribution >= 4 is 5.91 Å². The lowest BCUT2D eigenvalue weighted by Gasteiger charge is -2.38. The topological polar surface area (TPSA) is 50.8 Å². The highest BCUT2D eigenvalue weighted by molar-refractivity contribution is 5.95. The molecule has 0 aromatic heterocycles. The van der Waals surface area contributed by atoms with Gasteiger partial charge in [-0.2, -0.15) is 0 Å². The minimum atomic E-state index is 0.0724. The smallest absolute Gasteiger partial charge is 0.254 e. The Balaban J connectivity index is 2.00. The number of benzene rings is 1. The second kappa shape index (κ2) is 8.15. The molecule has 1 N–H and O–H groups in total. The molecule has 5 nitrogen and oxygen atoms in total. The van der Waals surface area contributed by atoms with Gasteiger partial charge in [0.05, 0.1) is 6.61 Å². The van der Waals surface area contributed by atoms with E-state index in [1.54, 1.807) is 7.11 Å². The van der Waals surface area contributed by atoms with Crippen LogP contribution in [0.25, 0.3) is 0 Å². The molecule has 2 rings (SSSR count). The highest BCUT2D eigenvalue weighted by Gasteiger charge is 2.28. The van der Waals surface area contributed by atoms with Crippen molar-refractivity contribution in [3.05, 3.63) is 29.8 Å². The van der Waals surface area contributed by atoms with Crippen molar-refractivity contribution in [1.82, 2.24) is 10.2 Å². The van der Waals surface area contributed by atoms with E-state index in [1.165, 1.54) is 0 Å². The van der Waals surface area contributed by atoms with Crippen molar-refractivity contribution in [3.63, 3.8) is 0 Å². The van der Waals surface area contributed by atoms with E-state index in [1.807, 2.05) is 29.2 Å². The maximum atomic E-state index is 12.7. The summed E-state index contributed by atoms with van der Waals surface area (Å²) in [4.78, 5) is 14.6. The average molecular weight is 306 g/mol. The predicted molar refractivity (Wildman–Crippen MR) is 86.4 cm³/mol. The van der Waals surface area contributed by atoms with Crippen molar-refractivity contribution < 1.29 is 14.3 Å². The average Bonchev–Trinajstić information content (AvgIpc) is 2.54. The first-order valence-electron chi connectivity index (χ1n) is 7.89. The normalized spacial score (nSPS) is 21.7. The molecule has 0 radical (unpaired) electrons. The van der Waals surface area contributed by atoms with Gasteiger partial charge in [-0.3, -0.25) is 4.79 Å². The molecular formula is C17H26N2O3. The minimum Gasteiger partial charge on any atom is -0.493 e. The van der Waals surface area contributed by atoms with E-state index in [0.29, 0.717) is 24.8 Å². The Kier molecular flexibility index (Phi) is 6.21. The number of amides is 1. The van der Waals surface area contributed by atoms with Crippen LogP contribution in [0.15, 0.2) is 24.3 Å².